The van der Waals surface area contributed by atoms with Crippen LogP contribution in [0.3, 0.4) is 0 Å². The van der Waals surface area contributed by atoms with E-state index < -0.39 is 0 Å². The SMILES string of the molecule is Cc1cc(-n2cnc(CN3C[C@@H](c4ccc5c(c4C)COC5=O)N[C@@H](C)C3)c2)ncc1C#N. The van der Waals surface area contributed by atoms with Crippen LogP contribution < -0.4 is 5.32 Å². The first-order chi connectivity index (χ1) is 15.9. The molecule has 0 saturated carbocycles. The minimum Gasteiger partial charge on any atom is -0.457 e. The molecular weight excluding hydrogens is 416 g/mol. The van der Waals surface area contributed by atoms with Crippen molar-refractivity contribution in [1.29, 1.82) is 5.26 Å². The van der Waals surface area contributed by atoms with E-state index in [1.165, 1.54) is 5.56 Å². The van der Waals surface area contributed by atoms with Gasteiger partial charge in [0.2, 0.25) is 0 Å². The van der Waals surface area contributed by atoms with Crippen molar-refractivity contribution in [3.05, 3.63) is 76.0 Å². The Balaban J connectivity index is 1.33. The number of piperazine rings is 1. The van der Waals surface area contributed by atoms with Crippen LogP contribution in [0.1, 0.15) is 56.8 Å². The van der Waals surface area contributed by atoms with Crippen LogP contribution in [0.25, 0.3) is 5.82 Å². The number of nitriles is 1. The fraction of sp³-hybridized carbons (Fsp3) is 0.360. The normalized spacial score (nSPS) is 20.4. The number of hydrogen-bond donors (Lipinski definition) is 1. The molecule has 0 bridgehead atoms. The van der Waals surface area contributed by atoms with Gasteiger partial charge in [-0.15, -0.1) is 0 Å². The summed E-state index contributed by atoms with van der Waals surface area (Å²) in [5, 5.41) is 12.8. The number of nitrogens with one attached hydrogen (secondary N) is 1. The van der Waals surface area contributed by atoms with Gasteiger partial charge in [-0.3, -0.25) is 9.47 Å². The number of esters is 1. The summed E-state index contributed by atoms with van der Waals surface area (Å²) in [7, 11) is 0. The van der Waals surface area contributed by atoms with Gasteiger partial charge in [0.05, 0.1) is 16.8 Å². The number of rotatable bonds is 4. The molecule has 8 heteroatoms. The molecule has 3 aromatic rings. The summed E-state index contributed by atoms with van der Waals surface area (Å²) < 4.78 is 7.12. The second-order valence-electron chi connectivity index (χ2n) is 8.94. The molecule has 0 spiro atoms. The molecule has 5 rings (SSSR count). The van der Waals surface area contributed by atoms with Crippen molar-refractivity contribution in [2.24, 2.45) is 0 Å². The first-order valence-electron chi connectivity index (χ1n) is 11.1. The van der Waals surface area contributed by atoms with Crippen molar-refractivity contribution in [1.82, 2.24) is 24.8 Å². The third-order valence-electron chi connectivity index (χ3n) is 6.54. The van der Waals surface area contributed by atoms with Crippen molar-refractivity contribution in [2.45, 2.75) is 46.0 Å². The summed E-state index contributed by atoms with van der Waals surface area (Å²) in [5.41, 5.74) is 6.49. The van der Waals surface area contributed by atoms with Crippen LogP contribution in [-0.2, 0) is 17.9 Å². The van der Waals surface area contributed by atoms with E-state index in [0.717, 1.165) is 47.8 Å². The van der Waals surface area contributed by atoms with Crippen LogP contribution in [0.2, 0.25) is 0 Å². The average molecular weight is 443 g/mol. The molecule has 2 aliphatic rings. The summed E-state index contributed by atoms with van der Waals surface area (Å²) in [6, 6.07) is 8.49. The molecule has 1 saturated heterocycles. The maximum Gasteiger partial charge on any atom is 0.338 e. The molecular formula is C25H26N6O2. The Morgan fingerprint density at radius 2 is 2.12 bits per heavy atom. The van der Waals surface area contributed by atoms with Crippen LogP contribution in [0, 0.1) is 25.2 Å². The van der Waals surface area contributed by atoms with Gasteiger partial charge in [0.15, 0.2) is 0 Å². The molecule has 4 heterocycles. The Morgan fingerprint density at radius 3 is 2.91 bits per heavy atom. The molecule has 0 aliphatic carbocycles. The quantitative estimate of drug-likeness (QED) is 0.621. The van der Waals surface area contributed by atoms with Crippen LogP contribution in [0.4, 0.5) is 0 Å². The monoisotopic (exact) mass is 442 g/mol. The minimum atomic E-state index is -0.228. The largest absolute Gasteiger partial charge is 0.457 e. The predicted molar refractivity (Wildman–Crippen MR) is 122 cm³/mol. The molecule has 2 aromatic heterocycles. The smallest absolute Gasteiger partial charge is 0.338 e. The van der Waals surface area contributed by atoms with Gasteiger partial charge < -0.3 is 10.1 Å². The highest BCUT2D eigenvalue weighted by atomic mass is 16.5. The molecule has 2 aliphatic heterocycles. The van der Waals surface area contributed by atoms with Gasteiger partial charge in [-0.25, -0.2) is 14.8 Å². The highest BCUT2D eigenvalue weighted by Gasteiger charge is 2.30. The van der Waals surface area contributed by atoms with Gasteiger partial charge in [0, 0.05) is 49.7 Å². The standard InChI is InChI=1S/C25H26N6O2/c1-15-6-24(27-8-18(15)7-26)31-11-19(28-14-31)10-30-9-16(2)29-23(12-30)20-4-5-21-22(17(20)3)13-33-25(21)32/h4-6,8,11,14,16,23,29H,9-10,12-13H2,1-3H3/t16-,23-/m0/s1. The summed E-state index contributed by atoms with van der Waals surface area (Å²) in [6.45, 7) is 9.04. The lowest BCUT2D eigenvalue weighted by atomic mass is 9.92. The number of aromatic nitrogens is 3. The summed E-state index contributed by atoms with van der Waals surface area (Å²) >= 11 is 0. The van der Waals surface area contributed by atoms with E-state index in [4.69, 9.17) is 10.00 Å². The predicted octanol–water partition coefficient (Wildman–Crippen LogP) is 2.96. The fourth-order valence-electron chi connectivity index (χ4n) is 4.83. The van der Waals surface area contributed by atoms with Gasteiger partial charge in [0.25, 0.3) is 0 Å². The third-order valence-corrected chi connectivity index (χ3v) is 6.54. The molecule has 0 radical (unpaired) electrons. The van der Waals surface area contributed by atoms with E-state index in [2.05, 4.69) is 46.2 Å². The zero-order chi connectivity index (χ0) is 23.1. The van der Waals surface area contributed by atoms with E-state index >= 15 is 0 Å². The Hall–Kier alpha value is -3.54. The molecule has 1 N–H and O–H groups in total. The lowest BCUT2D eigenvalue weighted by molar-refractivity contribution is 0.0535. The first-order valence-corrected chi connectivity index (χ1v) is 11.1. The molecule has 33 heavy (non-hydrogen) atoms. The van der Waals surface area contributed by atoms with Crippen LogP contribution >= 0.6 is 0 Å². The van der Waals surface area contributed by atoms with E-state index in [0.29, 0.717) is 23.8 Å². The number of nitrogens with zero attached hydrogens (tertiary/aromatic N) is 5. The Morgan fingerprint density at radius 1 is 1.27 bits per heavy atom. The number of cyclic esters (lactones) is 1. The van der Waals surface area contributed by atoms with E-state index in [-0.39, 0.29) is 12.0 Å². The Bertz CT molecular complexity index is 1270. The number of fused-ring (bicyclic) bond motifs is 1. The number of carbonyl (C=O) groups excluding carboxylic acids is 1. The molecule has 8 nitrogen and oxygen atoms in total. The highest BCUT2D eigenvalue weighted by molar-refractivity contribution is 5.94. The van der Waals surface area contributed by atoms with Crippen LogP contribution in [-0.4, -0.2) is 44.5 Å². The van der Waals surface area contributed by atoms with Gasteiger partial charge >= 0.3 is 5.97 Å². The number of ether oxygens (including phenoxy) is 1. The van der Waals surface area contributed by atoms with Crippen molar-refractivity contribution in [3.8, 4) is 11.9 Å². The van der Waals surface area contributed by atoms with E-state index in [1.54, 1.807) is 12.5 Å². The van der Waals surface area contributed by atoms with E-state index in [9.17, 15) is 4.79 Å². The zero-order valence-electron chi connectivity index (χ0n) is 19.0. The van der Waals surface area contributed by atoms with Crippen molar-refractivity contribution in [2.75, 3.05) is 13.1 Å². The van der Waals surface area contributed by atoms with Gasteiger partial charge in [-0.1, -0.05) is 6.07 Å². The van der Waals surface area contributed by atoms with E-state index in [1.807, 2.05) is 29.8 Å². The molecule has 0 unspecified atom stereocenters. The fourth-order valence-corrected chi connectivity index (χ4v) is 4.83. The maximum atomic E-state index is 11.9. The molecule has 2 atom stereocenters. The topological polar surface area (TPSA) is 96.1 Å². The third kappa shape index (κ3) is 4.01. The van der Waals surface area contributed by atoms with Crippen LogP contribution in [0.15, 0.2) is 36.9 Å². The number of benzene rings is 1. The summed E-state index contributed by atoms with van der Waals surface area (Å²) in [5.74, 6) is 0.524. The Labute approximate surface area is 192 Å². The van der Waals surface area contributed by atoms with Crippen molar-refractivity contribution >= 4 is 5.97 Å². The number of aryl methyl sites for hydroxylation is 1. The molecule has 0 amide bonds. The molecule has 1 aromatic carbocycles. The summed E-state index contributed by atoms with van der Waals surface area (Å²) in [4.78, 5) is 23.3. The maximum absolute atomic E-state index is 11.9. The second kappa shape index (κ2) is 8.43. The van der Waals surface area contributed by atoms with Crippen molar-refractivity contribution < 1.29 is 9.53 Å². The summed E-state index contributed by atoms with van der Waals surface area (Å²) in [6.07, 6.45) is 5.37. The molecule has 168 valence electrons. The number of carbonyl (C=O) groups is 1. The second-order valence-corrected chi connectivity index (χ2v) is 8.94. The van der Waals surface area contributed by atoms with Crippen molar-refractivity contribution in [3.63, 3.8) is 0 Å². The Kier molecular flexibility index (Phi) is 5.44. The lowest BCUT2D eigenvalue weighted by Gasteiger charge is -2.38. The van der Waals surface area contributed by atoms with Crippen LogP contribution in [0.5, 0.6) is 0 Å². The average Bonchev–Trinajstić information content (AvgIpc) is 3.41. The number of imidazole rings is 1. The van der Waals surface area contributed by atoms with Gasteiger partial charge in [-0.2, -0.15) is 5.26 Å². The molecule has 1 fully saturated rings. The zero-order valence-corrected chi connectivity index (χ0v) is 19.0. The lowest BCUT2D eigenvalue weighted by Crippen LogP contribution is -2.50. The van der Waals surface area contributed by atoms with Gasteiger partial charge in [0.1, 0.15) is 24.8 Å². The number of pyridine rings is 1. The number of hydrogen-bond acceptors (Lipinski definition) is 7. The van der Waals surface area contributed by atoms with Gasteiger partial charge in [-0.05, 0) is 49.6 Å². The first kappa shape index (κ1) is 21.3. The minimum absolute atomic E-state index is 0.166. The highest BCUT2D eigenvalue weighted by Crippen LogP contribution is 2.31.